The predicted molar refractivity (Wildman–Crippen MR) is 63.2 cm³/mol. The van der Waals surface area contributed by atoms with Gasteiger partial charge in [0.1, 0.15) is 0 Å². The second kappa shape index (κ2) is 7.34. The summed E-state index contributed by atoms with van der Waals surface area (Å²) >= 11 is 0. The first-order valence-corrected chi connectivity index (χ1v) is 5.66. The van der Waals surface area contributed by atoms with Gasteiger partial charge in [-0.15, -0.1) is 0 Å². The number of aliphatic hydroxyl groups excluding tert-OH is 2. The Morgan fingerprint density at radius 2 is 1.05 bits per heavy atom. The fourth-order valence-electron chi connectivity index (χ4n) is 1.55. The molecular weight excluding hydrogens is 276 g/mol. The number of rotatable bonds is 3. The largest absolute Gasteiger partial charge is 0.499 e. The fourth-order valence-corrected chi connectivity index (χ4v) is 1.55. The molecule has 114 valence electrons. The van der Waals surface area contributed by atoms with Gasteiger partial charge in [0, 0.05) is 0 Å². The summed E-state index contributed by atoms with van der Waals surface area (Å²) in [5, 5.41) is 50.1. The molecule has 20 heavy (non-hydrogen) atoms. The molecule has 0 aromatic heterocycles. The molecule has 6 N–H and O–H groups in total. The molecule has 0 saturated heterocycles. The lowest BCUT2D eigenvalue weighted by Crippen LogP contribution is -2.40. The minimum atomic E-state index is -1.89. The van der Waals surface area contributed by atoms with Gasteiger partial charge in [-0.1, -0.05) is 6.42 Å². The summed E-state index contributed by atoms with van der Waals surface area (Å²) < 4.78 is 0. The zero-order chi connectivity index (χ0) is 15.9. The van der Waals surface area contributed by atoms with Crippen molar-refractivity contribution in [1.82, 2.24) is 0 Å². The molecule has 0 aromatic carbocycles. The molecule has 9 heteroatoms. The highest BCUT2D eigenvalue weighted by Gasteiger charge is 2.36. The monoisotopic (exact) mass is 292 g/mol. The molecule has 1 aliphatic rings. The second-order valence-corrected chi connectivity index (χ2v) is 4.20. The standard InChI is InChI=1S/C7H12O3.C4H4O6/c8-6(9)7(10)4-2-1-3-5-7;5-1(3(7)8)2(6)4(9)10/h10H,1-5H2,(H,8,9);5-6H,(H,7,8)(H,9,10)/b;2-1+. The molecule has 0 radical (unpaired) electrons. The molecule has 0 spiro atoms. The summed E-state index contributed by atoms with van der Waals surface area (Å²) in [6, 6.07) is 0. The van der Waals surface area contributed by atoms with Crippen LogP contribution in [0.1, 0.15) is 32.1 Å². The van der Waals surface area contributed by atoms with E-state index in [9.17, 15) is 19.5 Å². The highest BCUT2D eigenvalue weighted by atomic mass is 16.4. The van der Waals surface area contributed by atoms with Gasteiger partial charge in [0.15, 0.2) is 5.60 Å². The normalized spacial score (nSPS) is 18.1. The van der Waals surface area contributed by atoms with Crippen molar-refractivity contribution >= 4 is 17.9 Å². The summed E-state index contributed by atoms with van der Waals surface area (Å²) in [6.07, 6.45) is 3.56. The molecular formula is C11H16O9. The Bertz CT molecular complexity index is 396. The van der Waals surface area contributed by atoms with E-state index >= 15 is 0 Å². The van der Waals surface area contributed by atoms with E-state index in [0.717, 1.165) is 19.3 Å². The van der Waals surface area contributed by atoms with Crippen LogP contribution in [-0.4, -0.2) is 54.1 Å². The van der Waals surface area contributed by atoms with E-state index < -0.39 is 35.0 Å². The molecule has 1 fully saturated rings. The number of carboxylic acids is 3. The molecule has 0 amide bonds. The van der Waals surface area contributed by atoms with Gasteiger partial charge in [0.2, 0.25) is 0 Å². The average Bonchev–Trinajstić information content (AvgIpc) is 2.38. The molecule has 0 unspecified atom stereocenters. The Hall–Kier alpha value is -2.29. The van der Waals surface area contributed by atoms with E-state index in [0.29, 0.717) is 12.8 Å². The van der Waals surface area contributed by atoms with Crippen molar-refractivity contribution in [2.75, 3.05) is 0 Å². The van der Waals surface area contributed by atoms with Crippen molar-refractivity contribution < 1.29 is 45.0 Å². The van der Waals surface area contributed by atoms with Crippen LogP contribution < -0.4 is 0 Å². The van der Waals surface area contributed by atoms with Crippen LogP contribution in [0.25, 0.3) is 0 Å². The van der Waals surface area contributed by atoms with E-state index in [1.165, 1.54) is 0 Å². The maximum atomic E-state index is 10.4. The molecule has 1 aliphatic carbocycles. The third kappa shape index (κ3) is 5.14. The Balaban J connectivity index is 0.000000361. The van der Waals surface area contributed by atoms with Crippen molar-refractivity contribution in [2.24, 2.45) is 0 Å². The number of hydrogen-bond donors (Lipinski definition) is 6. The maximum absolute atomic E-state index is 10.4. The van der Waals surface area contributed by atoms with E-state index in [1.807, 2.05) is 0 Å². The smallest absolute Gasteiger partial charge is 0.375 e. The minimum Gasteiger partial charge on any atom is -0.499 e. The summed E-state index contributed by atoms with van der Waals surface area (Å²) in [6.45, 7) is 0. The van der Waals surface area contributed by atoms with Crippen molar-refractivity contribution in [3.8, 4) is 0 Å². The molecule has 0 aliphatic heterocycles. The molecule has 0 heterocycles. The van der Waals surface area contributed by atoms with Crippen molar-refractivity contribution in [3.05, 3.63) is 11.5 Å². The average molecular weight is 292 g/mol. The molecule has 9 nitrogen and oxygen atoms in total. The first kappa shape index (κ1) is 17.7. The predicted octanol–water partition coefficient (Wildman–Crippen LogP) is 0.249. The minimum absolute atomic E-state index is 0.419. The van der Waals surface area contributed by atoms with Crippen LogP contribution in [0, 0.1) is 0 Å². The summed E-state index contributed by atoms with van der Waals surface area (Å²) in [7, 11) is 0. The van der Waals surface area contributed by atoms with Gasteiger partial charge in [0.05, 0.1) is 0 Å². The van der Waals surface area contributed by atoms with Crippen LogP contribution in [0.5, 0.6) is 0 Å². The van der Waals surface area contributed by atoms with Crippen LogP contribution in [0.2, 0.25) is 0 Å². The number of carboxylic acid groups (broad SMARTS) is 3. The van der Waals surface area contributed by atoms with E-state index in [2.05, 4.69) is 0 Å². The lowest BCUT2D eigenvalue weighted by molar-refractivity contribution is -0.161. The zero-order valence-corrected chi connectivity index (χ0v) is 10.4. The van der Waals surface area contributed by atoms with Crippen LogP contribution in [0.3, 0.4) is 0 Å². The summed E-state index contributed by atoms with van der Waals surface area (Å²) in [4.78, 5) is 29.9. The summed E-state index contributed by atoms with van der Waals surface area (Å²) in [5.74, 6) is -7.99. The Morgan fingerprint density at radius 3 is 1.25 bits per heavy atom. The Morgan fingerprint density at radius 1 is 0.700 bits per heavy atom. The lowest BCUT2D eigenvalue weighted by Gasteiger charge is -2.27. The van der Waals surface area contributed by atoms with E-state index in [-0.39, 0.29) is 0 Å². The van der Waals surface area contributed by atoms with Crippen LogP contribution in [-0.2, 0) is 14.4 Å². The van der Waals surface area contributed by atoms with Crippen LogP contribution >= 0.6 is 0 Å². The maximum Gasteiger partial charge on any atom is 0.375 e. The highest BCUT2D eigenvalue weighted by Crippen LogP contribution is 2.27. The van der Waals surface area contributed by atoms with Gasteiger partial charge in [-0.3, -0.25) is 0 Å². The first-order valence-electron chi connectivity index (χ1n) is 5.66. The topological polar surface area (TPSA) is 173 Å². The van der Waals surface area contributed by atoms with Crippen molar-refractivity contribution in [3.63, 3.8) is 0 Å². The number of hydrogen-bond acceptors (Lipinski definition) is 6. The third-order valence-electron chi connectivity index (χ3n) is 2.71. The van der Waals surface area contributed by atoms with E-state index in [4.69, 9.17) is 25.5 Å². The van der Waals surface area contributed by atoms with Crippen LogP contribution in [0.15, 0.2) is 11.5 Å². The van der Waals surface area contributed by atoms with Gasteiger partial charge in [-0.25, -0.2) is 14.4 Å². The molecule has 0 bridgehead atoms. The first-order chi connectivity index (χ1) is 9.11. The molecule has 1 rings (SSSR count). The SMILES string of the molecule is O=C(O)/C(O)=C(\O)C(=O)O.O=C(O)C1(O)CCCCC1. The van der Waals surface area contributed by atoms with Gasteiger partial charge in [-0.2, -0.15) is 0 Å². The van der Waals surface area contributed by atoms with Gasteiger partial charge < -0.3 is 30.6 Å². The molecule has 1 saturated carbocycles. The van der Waals surface area contributed by atoms with Crippen molar-refractivity contribution in [2.45, 2.75) is 37.7 Å². The molecule has 0 aromatic rings. The van der Waals surface area contributed by atoms with E-state index in [1.54, 1.807) is 0 Å². The Kier molecular flexibility index (Phi) is 6.50. The van der Waals surface area contributed by atoms with Gasteiger partial charge in [-0.05, 0) is 25.7 Å². The molecule has 0 atom stereocenters. The fraction of sp³-hybridized carbons (Fsp3) is 0.545. The van der Waals surface area contributed by atoms with Crippen molar-refractivity contribution in [1.29, 1.82) is 0 Å². The zero-order valence-electron chi connectivity index (χ0n) is 10.4. The third-order valence-corrected chi connectivity index (χ3v) is 2.71. The highest BCUT2D eigenvalue weighted by molar-refractivity contribution is 5.95. The van der Waals surface area contributed by atoms with Crippen LogP contribution in [0.4, 0.5) is 0 Å². The van der Waals surface area contributed by atoms with Gasteiger partial charge in [0.25, 0.3) is 11.5 Å². The second-order valence-electron chi connectivity index (χ2n) is 4.20. The van der Waals surface area contributed by atoms with Gasteiger partial charge >= 0.3 is 17.9 Å². The lowest BCUT2D eigenvalue weighted by atomic mass is 9.85. The number of aliphatic carboxylic acids is 3. The summed E-state index contributed by atoms with van der Waals surface area (Å²) in [5.41, 5.74) is -1.40. The quantitative estimate of drug-likeness (QED) is 0.315. The number of carbonyl (C=O) groups is 3. The Labute approximate surface area is 113 Å². The number of aliphatic hydroxyl groups is 3.